The number of anilines is 1. The van der Waals surface area contributed by atoms with Crippen LogP contribution in [-0.2, 0) is 4.79 Å². The fourth-order valence-electron chi connectivity index (χ4n) is 3.70. The number of carbonyl (C=O) groups excluding carboxylic acids is 1. The summed E-state index contributed by atoms with van der Waals surface area (Å²) in [5.41, 5.74) is 2.85. The molecule has 7 heteroatoms. The minimum atomic E-state index is -0.0441. The Morgan fingerprint density at radius 1 is 1.17 bits per heavy atom. The highest BCUT2D eigenvalue weighted by Crippen LogP contribution is 2.29. The van der Waals surface area contributed by atoms with Crippen molar-refractivity contribution in [1.29, 1.82) is 0 Å². The van der Waals surface area contributed by atoms with Crippen LogP contribution >= 0.6 is 0 Å². The molecule has 1 aliphatic heterocycles. The van der Waals surface area contributed by atoms with Crippen LogP contribution in [0.3, 0.4) is 0 Å². The van der Waals surface area contributed by atoms with Gasteiger partial charge in [0.25, 0.3) is 0 Å². The maximum atomic E-state index is 12.4. The predicted molar refractivity (Wildman–Crippen MR) is 115 cm³/mol. The minimum absolute atomic E-state index is 0.0441. The lowest BCUT2D eigenvalue weighted by Gasteiger charge is -2.29. The highest BCUT2D eigenvalue weighted by molar-refractivity contribution is 5.93. The first kappa shape index (κ1) is 20.1. The number of ether oxygens (including phenoxy) is 1. The highest BCUT2D eigenvalue weighted by Gasteiger charge is 2.26. The molecule has 1 aliphatic rings. The van der Waals surface area contributed by atoms with Crippen LogP contribution in [0.15, 0.2) is 53.1 Å². The molecule has 3 aromatic rings. The van der Waals surface area contributed by atoms with E-state index in [0.717, 1.165) is 31.5 Å². The third kappa shape index (κ3) is 4.68. The van der Waals surface area contributed by atoms with Crippen molar-refractivity contribution in [2.75, 3.05) is 32.1 Å². The average Bonchev–Trinajstić information content (AvgIpc) is 3.25. The molecule has 1 amide bonds. The summed E-state index contributed by atoms with van der Waals surface area (Å²) in [6, 6.07) is 15.5. The second kappa shape index (κ2) is 9.09. The largest absolute Gasteiger partial charge is 0.495 e. The van der Waals surface area contributed by atoms with Crippen LogP contribution in [0.2, 0.25) is 0 Å². The Morgan fingerprint density at radius 3 is 2.63 bits per heavy atom. The smallest absolute Gasteiger partial charge is 0.238 e. The van der Waals surface area contributed by atoms with Gasteiger partial charge in [0.15, 0.2) is 0 Å². The summed E-state index contributed by atoms with van der Waals surface area (Å²) in [5, 5.41) is 7.08. The number of amides is 1. The van der Waals surface area contributed by atoms with E-state index in [2.05, 4.69) is 27.3 Å². The van der Waals surface area contributed by atoms with Gasteiger partial charge < -0.3 is 14.6 Å². The van der Waals surface area contributed by atoms with Gasteiger partial charge in [0.2, 0.25) is 17.6 Å². The number of carbonyl (C=O) groups is 1. The standard InChI is InChI=1S/C23H26N4O3/c1-16-7-9-17(10-8-16)22-25-23(30-26-22)18-11-13-27(14-12-18)15-21(28)24-19-5-3-4-6-20(19)29-2/h3-10,18H,11-15H2,1-2H3,(H,24,28). The van der Waals surface area contributed by atoms with E-state index >= 15 is 0 Å². The first-order valence-corrected chi connectivity index (χ1v) is 10.2. The van der Waals surface area contributed by atoms with Crippen molar-refractivity contribution in [3.8, 4) is 17.1 Å². The first-order chi connectivity index (χ1) is 14.6. The van der Waals surface area contributed by atoms with Crippen molar-refractivity contribution in [3.05, 3.63) is 60.0 Å². The summed E-state index contributed by atoms with van der Waals surface area (Å²) in [4.78, 5) is 19.2. The van der Waals surface area contributed by atoms with Gasteiger partial charge >= 0.3 is 0 Å². The molecule has 0 radical (unpaired) electrons. The Labute approximate surface area is 176 Å². The van der Waals surface area contributed by atoms with Gasteiger partial charge in [-0.15, -0.1) is 0 Å². The normalized spacial score (nSPS) is 15.1. The van der Waals surface area contributed by atoms with Crippen molar-refractivity contribution >= 4 is 11.6 Å². The Kier molecular flexibility index (Phi) is 6.09. The molecule has 2 heterocycles. The van der Waals surface area contributed by atoms with Crippen LogP contribution < -0.4 is 10.1 Å². The molecule has 156 valence electrons. The first-order valence-electron chi connectivity index (χ1n) is 10.2. The molecule has 0 saturated carbocycles. The van der Waals surface area contributed by atoms with Gasteiger partial charge in [-0.05, 0) is 45.0 Å². The zero-order valence-electron chi connectivity index (χ0n) is 17.3. The summed E-state index contributed by atoms with van der Waals surface area (Å²) in [7, 11) is 1.59. The van der Waals surface area contributed by atoms with Crippen LogP contribution in [0.4, 0.5) is 5.69 Å². The number of rotatable bonds is 6. The summed E-state index contributed by atoms with van der Waals surface area (Å²) in [5.74, 6) is 2.15. The monoisotopic (exact) mass is 406 g/mol. The van der Waals surface area contributed by atoms with Gasteiger partial charge in [0, 0.05) is 11.5 Å². The Hall–Kier alpha value is -3.19. The van der Waals surface area contributed by atoms with Crippen LogP contribution in [0, 0.1) is 6.92 Å². The number of nitrogens with one attached hydrogen (secondary N) is 1. The molecule has 0 aliphatic carbocycles. The van der Waals surface area contributed by atoms with E-state index < -0.39 is 0 Å². The van der Waals surface area contributed by atoms with E-state index in [1.54, 1.807) is 7.11 Å². The molecule has 1 N–H and O–H groups in total. The molecule has 0 bridgehead atoms. The average molecular weight is 406 g/mol. The molecule has 0 atom stereocenters. The Morgan fingerprint density at radius 2 is 1.90 bits per heavy atom. The van der Waals surface area contributed by atoms with Gasteiger partial charge in [-0.1, -0.05) is 47.1 Å². The highest BCUT2D eigenvalue weighted by atomic mass is 16.5. The fraction of sp³-hybridized carbons (Fsp3) is 0.348. The number of aromatic nitrogens is 2. The lowest BCUT2D eigenvalue weighted by atomic mass is 9.97. The number of methoxy groups -OCH3 is 1. The zero-order chi connectivity index (χ0) is 20.9. The number of benzene rings is 2. The quantitative estimate of drug-likeness (QED) is 0.669. The molecule has 0 spiro atoms. The van der Waals surface area contributed by atoms with Crippen LogP contribution in [0.5, 0.6) is 5.75 Å². The zero-order valence-corrected chi connectivity index (χ0v) is 17.3. The number of hydrogen-bond donors (Lipinski definition) is 1. The molecule has 0 unspecified atom stereocenters. The van der Waals surface area contributed by atoms with E-state index in [0.29, 0.717) is 29.7 Å². The number of aryl methyl sites for hydroxylation is 1. The molecule has 4 rings (SSSR count). The van der Waals surface area contributed by atoms with Gasteiger partial charge in [-0.2, -0.15) is 4.98 Å². The van der Waals surface area contributed by atoms with Crippen molar-refractivity contribution in [2.24, 2.45) is 0 Å². The molecule has 1 aromatic heterocycles. The predicted octanol–water partition coefficient (Wildman–Crippen LogP) is 3.87. The SMILES string of the molecule is COc1ccccc1NC(=O)CN1CCC(c2nc(-c3ccc(C)cc3)no2)CC1. The van der Waals surface area contributed by atoms with E-state index in [1.165, 1.54) is 5.56 Å². The molecule has 7 nitrogen and oxygen atoms in total. The maximum absolute atomic E-state index is 12.4. The van der Waals surface area contributed by atoms with Gasteiger partial charge in [-0.3, -0.25) is 9.69 Å². The van der Waals surface area contributed by atoms with Crippen molar-refractivity contribution in [1.82, 2.24) is 15.0 Å². The number of piperidine rings is 1. The Balaban J connectivity index is 1.30. The molecular formula is C23H26N4O3. The second-order valence-corrected chi connectivity index (χ2v) is 7.62. The van der Waals surface area contributed by atoms with Gasteiger partial charge in [0.05, 0.1) is 19.3 Å². The number of nitrogens with zero attached hydrogens (tertiary/aromatic N) is 3. The lowest BCUT2D eigenvalue weighted by Crippen LogP contribution is -2.38. The summed E-state index contributed by atoms with van der Waals surface area (Å²) in [6.45, 7) is 4.03. The van der Waals surface area contributed by atoms with Gasteiger partial charge in [0.1, 0.15) is 5.75 Å². The third-order valence-corrected chi connectivity index (χ3v) is 5.44. The maximum Gasteiger partial charge on any atom is 0.238 e. The lowest BCUT2D eigenvalue weighted by molar-refractivity contribution is -0.117. The Bertz CT molecular complexity index is 992. The van der Waals surface area contributed by atoms with E-state index in [1.807, 2.05) is 48.5 Å². The topological polar surface area (TPSA) is 80.5 Å². The van der Waals surface area contributed by atoms with Crippen LogP contribution in [0.25, 0.3) is 11.4 Å². The molecule has 1 saturated heterocycles. The van der Waals surface area contributed by atoms with E-state index in [-0.39, 0.29) is 11.8 Å². The molecule has 30 heavy (non-hydrogen) atoms. The molecular weight excluding hydrogens is 380 g/mol. The second-order valence-electron chi connectivity index (χ2n) is 7.62. The summed E-state index contributed by atoms with van der Waals surface area (Å²) < 4.78 is 10.8. The fourth-order valence-corrected chi connectivity index (χ4v) is 3.70. The van der Waals surface area contributed by atoms with Crippen molar-refractivity contribution in [3.63, 3.8) is 0 Å². The number of para-hydroxylation sites is 2. The minimum Gasteiger partial charge on any atom is -0.495 e. The van der Waals surface area contributed by atoms with Crippen molar-refractivity contribution < 1.29 is 14.1 Å². The van der Waals surface area contributed by atoms with Crippen molar-refractivity contribution in [2.45, 2.75) is 25.7 Å². The summed E-state index contributed by atoms with van der Waals surface area (Å²) in [6.07, 6.45) is 1.77. The van der Waals surface area contributed by atoms with E-state index in [4.69, 9.17) is 9.26 Å². The molecule has 2 aromatic carbocycles. The number of hydrogen-bond acceptors (Lipinski definition) is 6. The molecule has 1 fully saturated rings. The van der Waals surface area contributed by atoms with Crippen LogP contribution in [0.1, 0.15) is 30.2 Å². The van der Waals surface area contributed by atoms with Crippen LogP contribution in [-0.4, -0.2) is 47.7 Å². The summed E-state index contributed by atoms with van der Waals surface area (Å²) >= 11 is 0. The van der Waals surface area contributed by atoms with Gasteiger partial charge in [-0.25, -0.2) is 0 Å². The third-order valence-electron chi connectivity index (χ3n) is 5.44. The van der Waals surface area contributed by atoms with E-state index in [9.17, 15) is 4.79 Å². The number of likely N-dealkylation sites (tertiary alicyclic amines) is 1.